The van der Waals surface area contributed by atoms with Gasteiger partial charge in [0.15, 0.2) is 5.13 Å². The quantitative estimate of drug-likeness (QED) is 0.594. The van der Waals surface area contributed by atoms with E-state index in [1.165, 1.54) is 11.3 Å². The molecule has 4 aromatic rings. The molecule has 0 fully saturated rings. The van der Waals surface area contributed by atoms with Crippen molar-refractivity contribution in [1.29, 1.82) is 0 Å². The van der Waals surface area contributed by atoms with E-state index >= 15 is 0 Å². The monoisotopic (exact) mass is 335 g/mol. The van der Waals surface area contributed by atoms with Crippen molar-refractivity contribution in [2.75, 3.05) is 5.32 Å². The number of aromatic hydroxyl groups is 1. The molecule has 6 heteroatoms. The summed E-state index contributed by atoms with van der Waals surface area (Å²) >= 11 is 1.33. The van der Waals surface area contributed by atoms with Gasteiger partial charge in [0.05, 0.1) is 5.52 Å². The van der Waals surface area contributed by atoms with Gasteiger partial charge in [-0.15, -0.1) is 11.3 Å². The van der Waals surface area contributed by atoms with Gasteiger partial charge in [-0.3, -0.25) is 14.7 Å². The second-order valence-electron chi connectivity index (χ2n) is 5.18. The average Bonchev–Trinajstić information content (AvgIpc) is 3.20. The fraction of sp³-hybridized carbons (Fsp3) is 0. The highest BCUT2D eigenvalue weighted by atomic mass is 32.1. The number of carbonyl (C=O) groups excluding carboxylic acids is 1. The lowest BCUT2D eigenvalue weighted by molar-refractivity contribution is 0.102. The summed E-state index contributed by atoms with van der Waals surface area (Å²) in [6.07, 6.45) is 1.62. The summed E-state index contributed by atoms with van der Waals surface area (Å²) in [6, 6.07) is 16.9. The minimum absolute atomic E-state index is 0.0866. The van der Waals surface area contributed by atoms with Crippen LogP contribution in [0.5, 0.6) is 5.88 Å². The van der Waals surface area contributed by atoms with Crippen molar-refractivity contribution in [3.63, 3.8) is 0 Å². The number of nitrogens with zero attached hydrogens (tertiary/aromatic N) is 2. The highest BCUT2D eigenvalue weighted by molar-refractivity contribution is 7.13. The predicted octanol–water partition coefficient (Wildman–Crippen LogP) is 4.04. The van der Waals surface area contributed by atoms with Gasteiger partial charge in [-0.05, 0) is 18.2 Å². The number of anilines is 1. The van der Waals surface area contributed by atoms with E-state index in [0.29, 0.717) is 10.5 Å². The maximum absolute atomic E-state index is 12.7. The number of para-hydroxylation sites is 2. The predicted molar refractivity (Wildman–Crippen MR) is 95.0 cm³/mol. The molecule has 0 aliphatic rings. The van der Waals surface area contributed by atoms with Crippen LogP contribution in [-0.4, -0.2) is 20.6 Å². The van der Waals surface area contributed by atoms with Crippen molar-refractivity contribution >= 4 is 33.3 Å². The first-order valence-electron chi connectivity index (χ1n) is 7.34. The Balaban J connectivity index is 1.90. The van der Waals surface area contributed by atoms with Crippen molar-refractivity contribution in [2.24, 2.45) is 0 Å². The van der Waals surface area contributed by atoms with Crippen molar-refractivity contribution in [1.82, 2.24) is 9.55 Å². The first-order chi connectivity index (χ1) is 11.8. The van der Waals surface area contributed by atoms with Crippen LogP contribution in [0.15, 0.2) is 66.2 Å². The van der Waals surface area contributed by atoms with E-state index in [1.54, 1.807) is 16.1 Å². The fourth-order valence-electron chi connectivity index (χ4n) is 2.73. The highest BCUT2D eigenvalue weighted by Crippen LogP contribution is 2.34. The van der Waals surface area contributed by atoms with Crippen LogP contribution in [0.3, 0.4) is 0 Å². The lowest BCUT2D eigenvalue weighted by Gasteiger charge is -2.07. The number of fused-ring (bicyclic) bond motifs is 1. The van der Waals surface area contributed by atoms with E-state index in [-0.39, 0.29) is 17.4 Å². The molecule has 1 amide bonds. The van der Waals surface area contributed by atoms with Crippen LogP contribution < -0.4 is 5.32 Å². The Morgan fingerprint density at radius 3 is 2.58 bits per heavy atom. The number of amides is 1. The number of carbonyl (C=O) groups is 1. The molecule has 2 N–H and O–H groups in total. The Kier molecular flexibility index (Phi) is 3.51. The minimum Gasteiger partial charge on any atom is -0.494 e. The van der Waals surface area contributed by atoms with Crippen molar-refractivity contribution < 1.29 is 9.90 Å². The van der Waals surface area contributed by atoms with Crippen molar-refractivity contribution in [2.45, 2.75) is 0 Å². The summed E-state index contributed by atoms with van der Waals surface area (Å²) in [5.41, 5.74) is 1.80. The van der Waals surface area contributed by atoms with Crippen LogP contribution >= 0.6 is 11.3 Å². The third-order valence-corrected chi connectivity index (χ3v) is 4.43. The fourth-order valence-corrected chi connectivity index (χ4v) is 3.26. The zero-order chi connectivity index (χ0) is 16.5. The first kappa shape index (κ1) is 14.5. The molecule has 0 saturated carbocycles. The second kappa shape index (κ2) is 5.82. The molecule has 0 unspecified atom stereocenters. The molecule has 4 rings (SSSR count). The Morgan fingerprint density at radius 1 is 1.08 bits per heavy atom. The molecule has 0 aliphatic heterocycles. The Labute approximate surface area is 141 Å². The topological polar surface area (TPSA) is 67.2 Å². The van der Waals surface area contributed by atoms with Crippen LogP contribution in [0.4, 0.5) is 5.13 Å². The molecule has 0 saturated heterocycles. The van der Waals surface area contributed by atoms with Gasteiger partial charge in [0.1, 0.15) is 5.56 Å². The number of hydrogen-bond donors (Lipinski definition) is 2. The van der Waals surface area contributed by atoms with E-state index in [2.05, 4.69) is 10.3 Å². The van der Waals surface area contributed by atoms with Gasteiger partial charge in [-0.25, -0.2) is 4.98 Å². The van der Waals surface area contributed by atoms with Crippen LogP contribution in [0.2, 0.25) is 0 Å². The van der Waals surface area contributed by atoms with Gasteiger partial charge >= 0.3 is 0 Å². The minimum atomic E-state index is -0.381. The van der Waals surface area contributed by atoms with Gasteiger partial charge in [0.25, 0.3) is 5.91 Å². The summed E-state index contributed by atoms with van der Waals surface area (Å²) in [7, 11) is 0. The number of hydrogen-bond acceptors (Lipinski definition) is 4. The molecular formula is C18H13N3O2S. The Morgan fingerprint density at radius 2 is 1.83 bits per heavy atom. The number of thiazole rings is 1. The molecule has 2 heterocycles. The third kappa shape index (κ3) is 2.33. The molecule has 0 aliphatic carbocycles. The lowest BCUT2D eigenvalue weighted by atomic mass is 10.1. The van der Waals surface area contributed by atoms with Crippen LogP contribution in [0.1, 0.15) is 10.4 Å². The van der Waals surface area contributed by atoms with Gasteiger partial charge < -0.3 is 5.11 Å². The Bertz CT molecular complexity index is 1010. The molecule has 2 aromatic heterocycles. The highest BCUT2D eigenvalue weighted by Gasteiger charge is 2.23. The summed E-state index contributed by atoms with van der Waals surface area (Å²) in [5.74, 6) is -0.468. The summed E-state index contributed by atoms with van der Waals surface area (Å²) < 4.78 is 1.67. The van der Waals surface area contributed by atoms with Crippen LogP contribution in [0, 0.1) is 0 Å². The molecule has 0 bridgehead atoms. The number of rotatable bonds is 3. The summed E-state index contributed by atoms with van der Waals surface area (Å²) in [6.45, 7) is 0. The number of benzene rings is 2. The van der Waals surface area contributed by atoms with E-state index in [4.69, 9.17) is 0 Å². The number of nitrogens with one attached hydrogen (secondary N) is 1. The van der Waals surface area contributed by atoms with Crippen molar-refractivity contribution in [3.05, 3.63) is 71.7 Å². The van der Waals surface area contributed by atoms with Gasteiger partial charge in [0.2, 0.25) is 5.88 Å². The van der Waals surface area contributed by atoms with E-state index in [0.717, 1.165) is 11.2 Å². The Hall–Kier alpha value is -3.12. The molecule has 2 aromatic carbocycles. The normalized spacial score (nSPS) is 10.8. The zero-order valence-corrected chi connectivity index (χ0v) is 13.3. The average molecular weight is 335 g/mol. The lowest BCUT2D eigenvalue weighted by Crippen LogP contribution is -2.11. The molecule has 0 radical (unpaired) electrons. The second-order valence-corrected chi connectivity index (χ2v) is 6.07. The molecule has 0 spiro atoms. The van der Waals surface area contributed by atoms with E-state index in [9.17, 15) is 9.90 Å². The molecule has 118 valence electrons. The molecular weight excluding hydrogens is 322 g/mol. The van der Waals surface area contributed by atoms with Crippen molar-refractivity contribution in [3.8, 4) is 11.6 Å². The van der Waals surface area contributed by atoms with E-state index < -0.39 is 0 Å². The first-order valence-corrected chi connectivity index (χ1v) is 8.22. The zero-order valence-electron chi connectivity index (χ0n) is 12.5. The molecule has 5 nitrogen and oxygen atoms in total. The maximum Gasteiger partial charge on any atom is 0.263 e. The van der Waals surface area contributed by atoms with Gasteiger partial charge in [-0.2, -0.15) is 0 Å². The molecule has 24 heavy (non-hydrogen) atoms. The summed E-state index contributed by atoms with van der Waals surface area (Å²) in [4.78, 5) is 16.7. The molecule has 0 atom stereocenters. The van der Waals surface area contributed by atoms with Crippen LogP contribution in [-0.2, 0) is 0 Å². The summed E-state index contributed by atoms with van der Waals surface area (Å²) in [5, 5.41) is 16.4. The standard InChI is InChI=1S/C18H13N3O2S/c22-16(20-18-19-10-11-24-18)15-13-8-4-5-9-14(13)21(17(15)23)12-6-2-1-3-7-12/h1-11,23H,(H,19,20,22). The van der Waals surface area contributed by atoms with Gasteiger partial charge in [-0.1, -0.05) is 36.4 Å². The van der Waals surface area contributed by atoms with E-state index in [1.807, 2.05) is 54.6 Å². The SMILES string of the molecule is O=C(Nc1nccs1)c1c(O)n(-c2ccccc2)c2ccccc12. The third-order valence-electron chi connectivity index (χ3n) is 3.74. The smallest absolute Gasteiger partial charge is 0.263 e. The van der Waals surface area contributed by atoms with Gasteiger partial charge in [0, 0.05) is 22.7 Å². The number of aromatic nitrogens is 2. The maximum atomic E-state index is 12.7. The van der Waals surface area contributed by atoms with Crippen LogP contribution in [0.25, 0.3) is 16.6 Å². The largest absolute Gasteiger partial charge is 0.494 e.